The monoisotopic (exact) mass is 347 g/mol. The van der Waals surface area contributed by atoms with Gasteiger partial charge in [0.05, 0.1) is 5.39 Å². The molecule has 4 nitrogen and oxygen atoms in total. The second kappa shape index (κ2) is 5.93. The van der Waals surface area contributed by atoms with Gasteiger partial charge in [-0.15, -0.1) is 11.3 Å². The standard InChI is InChI=1S/C20H17N3OS/c1-11-7-8-14(10-12(11)2)16-13(3)25-20-17(16)19(24)22-18(23-20)15-6-4-5-9-21-15/h4-10H,1-3H3,(H,22,23,24). The minimum atomic E-state index is -0.122. The molecule has 3 aromatic heterocycles. The lowest BCUT2D eigenvalue weighted by Gasteiger charge is -2.06. The van der Waals surface area contributed by atoms with Crippen molar-refractivity contribution >= 4 is 21.6 Å². The van der Waals surface area contributed by atoms with Crippen molar-refractivity contribution in [3.05, 3.63) is 69.0 Å². The van der Waals surface area contributed by atoms with Crippen LogP contribution in [-0.2, 0) is 0 Å². The van der Waals surface area contributed by atoms with Crippen LogP contribution in [0, 0.1) is 20.8 Å². The Balaban J connectivity index is 1.97. The molecule has 0 radical (unpaired) electrons. The molecule has 3 heterocycles. The molecule has 0 bridgehead atoms. The van der Waals surface area contributed by atoms with Gasteiger partial charge in [-0.3, -0.25) is 9.78 Å². The first-order chi connectivity index (χ1) is 12.0. The van der Waals surface area contributed by atoms with E-state index < -0.39 is 0 Å². The van der Waals surface area contributed by atoms with Crippen LogP contribution in [0.25, 0.3) is 32.9 Å². The average Bonchev–Trinajstić information content (AvgIpc) is 2.94. The lowest BCUT2D eigenvalue weighted by Crippen LogP contribution is -2.09. The van der Waals surface area contributed by atoms with E-state index in [1.54, 1.807) is 17.5 Å². The van der Waals surface area contributed by atoms with Gasteiger partial charge in [-0.05, 0) is 49.6 Å². The van der Waals surface area contributed by atoms with Crippen molar-refractivity contribution in [1.82, 2.24) is 15.0 Å². The highest BCUT2D eigenvalue weighted by atomic mass is 32.1. The molecule has 0 spiro atoms. The fourth-order valence-corrected chi connectivity index (χ4v) is 4.03. The highest BCUT2D eigenvalue weighted by Crippen LogP contribution is 2.36. The second-order valence-corrected chi connectivity index (χ2v) is 7.35. The van der Waals surface area contributed by atoms with Crippen LogP contribution in [0.2, 0.25) is 0 Å². The molecule has 5 heteroatoms. The van der Waals surface area contributed by atoms with Crippen molar-refractivity contribution in [2.24, 2.45) is 0 Å². The Hall–Kier alpha value is -2.79. The number of pyridine rings is 1. The Morgan fingerprint density at radius 1 is 1.04 bits per heavy atom. The molecule has 0 fully saturated rings. The molecule has 0 unspecified atom stereocenters. The van der Waals surface area contributed by atoms with Gasteiger partial charge in [0.15, 0.2) is 5.82 Å². The van der Waals surface area contributed by atoms with Crippen molar-refractivity contribution in [2.45, 2.75) is 20.8 Å². The average molecular weight is 347 g/mol. The summed E-state index contributed by atoms with van der Waals surface area (Å²) >= 11 is 1.55. The maximum absolute atomic E-state index is 12.8. The number of benzene rings is 1. The zero-order valence-electron chi connectivity index (χ0n) is 14.3. The number of nitrogens with one attached hydrogen (secondary N) is 1. The van der Waals surface area contributed by atoms with Gasteiger partial charge in [0.2, 0.25) is 0 Å². The van der Waals surface area contributed by atoms with E-state index in [-0.39, 0.29) is 5.56 Å². The lowest BCUT2D eigenvalue weighted by molar-refractivity contribution is 1.15. The van der Waals surface area contributed by atoms with Gasteiger partial charge in [-0.1, -0.05) is 24.3 Å². The molecule has 124 valence electrons. The van der Waals surface area contributed by atoms with Crippen LogP contribution in [0.4, 0.5) is 0 Å². The van der Waals surface area contributed by atoms with Crippen LogP contribution in [0.5, 0.6) is 0 Å². The molecule has 0 saturated carbocycles. The highest BCUT2D eigenvalue weighted by molar-refractivity contribution is 7.19. The van der Waals surface area contributed by atoms with Gasteiger partial charge in [0.1, 0.15) is 10.5 Å². The Kier molecular flexibility index (Phi) is 3.73. The minimum absolute atomic E-state index is 0.122. The predicted molar refractivity (Wildman–Crippen MR) is 103 cm³/mol. The number of H-pyrrole nitrogens is 1. The molecule has 0 amide bonds. The largest absolute Gasteiger partial charge is 0.305 e. The van der Waals surface area contributed by atoms with E-state index in [4.69, 9.17) is 0 Å². The number of hydrogen-bond acceptors (Lipinski definition) is 4. The van der Waals surface area contributed by atoms with Gasteiger partial charge in [0, 0.05) is 16.6 Å². The smallest absolute Gasteiger partial charge is 0.260 e. The summed E-state index contributed by atoms with van der Waals surface area (Å²) in [7, 11) is 0. The maximum Gasteiger partial charge on any atom is 0.260 e. The molecule has 25 heavy (non-hydrogen) atoms. The predicted octanol–water partition coefficient (Wildman–Crippen LogP) is 4.64. The van der Waals surface area contributed by atoms with Crippen LogP contribution in [0.15, 0.2) is 47.4 Å². The van der Waals surface area contributed by atoms with Crippen molar-refractivity contribution in [1.29, 1.82) is 0 Å². The van der Waals surface area contributed by atoms with Crippen LogP contribution in [-0.4, -0.2) is 15.0 Å². The van der Waals surface area contributed by atoms with Gasteiger partial charge >= 0.3 is 0 Å². The molecule has 0 saturated heterocycles. The van der Waals surface area contributed by atoms with Crippen LogP contribution in [0.3, 0.4) is 0 Å². The Morgan fingerprint density at radius 3 is 2.60 bits per heavy atom. The second-order valence-electron chi connectivity index (χ2n) is 6.14. The van der Waals surface area contributed by atoms with E-state index in [1.807, 2.05) is 25.1 Å². The molecular formula is C20H17N3OS. The molecule has 0 aliphatic heterocycles. The van der Waals surface area contributed by atoms with Crippen LogP contribution < -0.4 is 5.56 Å². The first-order valence-electron chi connectivity index (χ1n) is 8.07. The number of rotatable bonds is 2. The number of thiophene rings is 1. The first kappa shape index (κ1) is 15.7. The van der Waals surface area contributed by atoms with Gasteiger partial charge < -0.3 is 4.98 Å². The number of aryl methyl sites for hydroxylation is 3. The third-order valence-electron chi connectivity index (χ3n) is 4.44. The molecule has 0 aliphatic rings. The topological polar surface area (TPSA) is 58.6 Å². The summed E-state index contributed by atoms with van der Waals surface area (Å²) in [6, 6.07) is 11.9. The Morgan fingerprint density at radius 2 is 1.88 bits per heavy atom. The minimum Gasteiger partial charge on any atom is -0.305 e. The normalized spacial score (nSPS) is 11.2. The summed E-state index contributed by atoms with van der Waals surface area (Å²) in [4.78, 5) is 26.5. The van der Waals surface area contributed by atoms with E-state index in [2.05, 4.69) is 47.0 Å². The summed E-state index contributed by atoms with van der Waals surface area (Å²) in [6.45, 7) is 6.21. The highest BCUT2D eigenvalue weighted by Gasteiger charge is 2.17. The third-order valence-corrected chi connectivity index (χ3v) is 5.44. The number of hydrogen-bond donors (Lipinski definition) is 1. The van der Waals surface area contributed by atoms with Crippen molar-refractivity contribution in [2.75, 3.05) is 0 Å². The fraction of sp³-hybridized carbons (Fsp3) is 0.150. The number of aromatic nitrogens is 3. The molecule has 0 aliphatic carbocycles. The van der Waals surface area contributed by atoms with Gasteiger partial charge in [-0.2, -0.15) is 0 Å². The summed E-state index contributed by atoms with van der Waals surface area (Å²) in [5.74, 6) is 0.506. The van der Waals surface area contributed by atoms with Crippen molar-refractivity contribution in [3.63, 3.8) is 0 Å². The number of fused-ring (bicyclic) bond motifs is 1. The zero-order valence-corrected chi connectivity index (χ0v) is 15.1. The van der Waals surface area contributed by atoms with Crippen LogP contribution in [0.1, 0.15) is 16.0 Å². The Labute approximate surface area is 149 Å². The van der Waals surface area contributed by atoms with E-state index in [0.29, 0.717) is 16.9 Å². The lowest BCUT2D eigenvalue weighted by atomic mass is 9.99. The van der Waals surface area contributed by atoms with E-state index in [1.165, 1.54) is 11.1 Å². The third kappa shape index (κ3) is 2.66. The molecule has 4 aromatic rings. The molecule has 4 rings (SSSR count). The first-order valence-corrected chi connectivity index (χ1v) is 8.88. The number of nitrogens with zero attached hydrogens (tertiary/aromatic N) is 2. The van der Waals surface area contributed by atoms with Gasteiger partial charge in [-0.25, -0.2) is 4.98 Å². The SMILES string of the molecule is Cc1ccc(-c2c(C)sc3nc(-c4ccccn4)[nH]c(=O)c23)cc1C. The van der Waals surface area contributed by atoms with E-state index in [0.717, 1.165) is 20.8 Å². The molecule has 0 atom stereocenters. The summed E-state index contributed by atoms with van der Waals surface area (Å²) in [5.41, 5.74) is 5.04. The van der Waals surface area contributed by atoms with Gasteiger partial charge in [0.25, 0.3) is 5.56 Å². The fourth-order valence-electron chi connectivity index (χ4n) is 2.99. The summed E-state index contributed by atoms with van der Waals surface area (Å²) in [5, 5.41) is 0.658. The molecule has 1 N–H and O–H groups in total. The Bertz CT molecular complexity index is 1140. The molecule has 1 aromatic carbocycles. The van der Waals surface area contributed by atoms with Crippen molar-refractivity contribution < 1.29 is 0 Å². The summed E-state index contributed by atoms with van der Waals surface area (Å²) < 4.78 is 0. The quantitative estimate of drug-likeness (QED) is 0.575. The zero-order chi connectivity index (χ0) is 17.6. The van der Waals surface area contributed by atoms with Crippen molar-refractivity contribution in [3.8, 4) is 22.6 Å². The summed E-state index contributed by atoms with van der Waals surface area (Å²) in [6.07, 6.45) is 1.69. The molecular weight excluding hydrogens is 330 g/mol. The van der Waals surface area contributed by atoms with E-state index in [9.17, 15) is 4.79 Å². The van der Waals surface area contributed by atoms with E-state index >= 15 is 0 Å². The maximum atomic E-state index is 12.8. The number of aromatic amines is 1. The van der Waals surface area contributed by atoms with Crippen LogP contribution >= 0.6 is 11.3 Å².